The van der Waals surface area contributed by atoms with Crippen LogP contribution in [0.3, 0.4) is 0 Å². The van der Waals surface area contributed by atoms with Crippen molar-refractivity contribution in [3.8, 4) is 0 Å². The Balaban J connectivity index is 2.88. The van der Waals surface area contributed by atoms with Gasteiger partial charge in [0.1, 0.15) is 0 Å². The Labute approximate surface area is 122 Å². The van der Waals surface area contributed by atoms with Crippen LogP contribution < -0.4 is 0 Å². The zero-order valence-corrected chi connectivity index (χ0v) is 14.2. The molecule has 18 heavy (non-hydrogen) atoms. The smallest absolute Gasteiger partial charge is 0.000157 e. The third-order valence-corrected chi connectivity index (χ3v) is 4.65. The average molecular weight is 288 g/mol. The van der Waals surface area contributed by atoms with Gasteiger partial charge in [0.2, 0.25) is 0 Å². The lowest BCUT2D eigenvalue weighted by Gasteiger charge is -2.02. The highest BCUT2D eigenvalue weighted by atomic mass is 32.4. The van der Waals surface area contributed by atoms with E-state index in [2.05, 4.69) is 6.92 Å². The molecule has 0 N–H and O–H groups in total. The molecule has 0 rings (SSSR count). The molecule has 0 nitrogen and oxygen atoms in total. The summed E-state index contributed by atoms with van der Waals surface area (Å²) in [6, 6.07) is 0. The SMILES string of the molecule is CCCCCCCCCCCCCCCCP=S. The molecule has 0 saturated carbocycles. The molecule has 0 atom stereocenters. The molecule has 0 aromatic heterocycles. The van der Waals surface area contributed by atoms with E-state index in [0.717, 1.165) is 7.36 Å². The molecule has 0 bridgehead atoms. The van der Waals surface area contributed by atoms with E-state index in [1.807, 2.05) is 0 Å². The molecule has 0 fully saturated rings. The van der Waals surface area contributed by atoms with Gasteiger partial charge < -0.3 is 0 Å². The van der Waals surface area contributed by atoms with E-state index in [-0.39, 0.29) is 0 Å². The van der Waals surface area contributed by atoms with Gasteiger partial charge in [0.25, 0.3) is 0 Å². The van der Waals surface area contributed by atoms with Gasteiger partial charge in [-0.3, -0.25) is 0 Å². The van der Waals surface area contributed by atoms with Crippen LogP contribution in [0.4, 0.5) is 0 Å². The summed E-state index contributed by atoms with van der Waals surface area (Å²) in [6.07, 6.45) is 21.4. The molecule has 0 unspecified atom stereocenters. The van der Waals surface area contributed by atoms with Crippen molar-refractivity contribution in [2.24, 2.45) is 0 Å². The van der Waals surface area contributed by atoms with Crippen LogP contribution in [-0.2, 0) is 11.8 Å². The van der Waals surface area contributed by atoms with E-state index in [1.165, 1.54) is 96.1 Å². The molecule has 2 heteroatoms. The monoisotopic (exact) mass is 288 g/mol. The van der Waals surface area contributed by atoms with Crippen LogP contribution in [0.5, 0.6) is 0 Å². The number of unbranched alkanes of at least 4 members (excludes halogenated alkanes) is 13. The molecule has 0 heterocycles. The first-order valence-corrected chi connectivity index (χ1v) is 10.3. The minimum atomic E-state index is 1.16. The minimum Gasteiger partial charge on any atom is -0.0654 e. The summed E-state index contributed by atoms with van der Waals surface area (Å²) in [4.78, 5) is 0. The van der Waals surface area contributed by atoms with Gasteiger partial charge in [-0.05, 0) is 19.9 Å². The minimum absolute atomic E-state index is 1.16. The quantitative estimate of drug-likeness (QED) is 0.234. The fraction of sp³-hybridized carbons (Fsp3) is 1.00. The molecule has 0 spiro atoms. The van der Waals surface area contributed by atoms with E-state index in [4.69, 9.17) is 11.8 Å². The van der Waals surface area contributed by atoms with E-state index in [0.29, 0.717) is 0 Å². The Hall–Kier alpha value is 0.520. The first-order chi connectivity index (χ1) is 8.91. The lowest BCUT2D eigenvalue weighted by molar-refractivity contribution is 0.538. The molecule has 0 aliphatic heterocycles. The van der Waals surface area contributed by atoms with Crippen LogP contribution in [-0.4, -0.2) is 6.16 Å². The molecule has 108 valence electrons. The standard InChI is InChI=1S/C16H33PS/c1-2-3-4-5-6-7-8-9-10-11-12-13-14-15-16-17-18/h2-16H2,1H3. The molecular formula is C16H33PS. The fourth-order valence-corrected chi connectivity index (χ4v) is 3.11. The van der Waals surface area contributed by atoms with Gasteiger partial charge in [-0.15, -0.1) is 0 Å². The molecule has 0 saturated heterocycles. The molecule has 0 aromatic carbocycles. The van der Waals surface area contributed by atoms with Crippen molar-refractivity contribution in [1.82, 2.24) is 0 Å². The van der Waals surface area contributed by atoms with Gasteiger partial charge in [-0.25, -0.2) is 0 Å². The topological polar surface area (TPSA) is 0 Å². The maximum atomic E-state index is 4.92. The zero-order chi connectivity index (χ0) is 13.3. The van der Waals surface area contributed by atoms with Crippen molar-refractivity contribution in [2.45, 2.75) is 96.8 Å². The van der Waals surface area contributed by atoms with Gasteiger partial charge in [0.05, 0.1) is 0 Å². The van der Waals surface area contributed by atoms with Gasteiger partial charge >= 0.3 is 0 Å². The summed E-state index contributed by atoms with van der Waals surface area (Å²) in [5.74, 6) is 0. The van der Waals surface area contributed by atoms with Crippen LogP contribution in [0.25, 0.3) is 0 Å². The van der Waals surface area contributed by atoms with Gasteiger partial charge in [-0.2, -0.15) is 0 Å². The van der Waals surface area contributed by atoms with Crippen LogP contribution >= 0.6 is 7.36 Å². The normalized spacial score (nSPS) is 11.2. The summed E-state index contributed by atoms with van der Waals surface area (Å²) in [5, 5.41) is 0. The van der Waals surface area contributed by atoms with Crippen LogP contribution in [0, 0.1) is 0 Å². The van der Waals surface area contributed by atoms with Crippen molar-refractivity contribution in [2.75, 3.05) is 6.16 Å². The molecule has 0 aliphatic rings. The summed E-state index contributed by atoms with van der Waals surface area (Å²) in [5.41, 5.74) is 0. The van der Waals surface area contributed by atoms with E-state index < -0.39 is 0 Å². The first-order valence-electron chi connectivity index (χ1n) is 8.21. The molecule has 0 aromatic rings. The Bertz CT molecular complexity index is 159. The summed E-state index contributed by atoms with van der Waals surface area (Å²) in [6.45, 7) is 2.29. The lowest BCUT2D eigenvalue weighted by atomic mass is 10.0. The van der Waals surface area contributed by atoms with Crippen LogP contribution in [0.15, 0.2) is 0 Å². The predicted molar refractivity (Wildman–Crippen MR) is 89.5 cm³/mol. The maximum Gasteiger partial charge on any atom is -0.000157 e. The van der Waals surface area contributed by atoms with Crippen molar-refractivity contribution in [1.29, 1.82) is 0 Å². The molecular weight excluding hydrogens is 255 g/mol. The zero-order valence-electron chi connectivity index (χ0n) is 12.5. The second-order valence-electron chi connectivity index (χ2n) is 5.45. The second kappa shape index (κ2) is 17.5. The fourth-order valence-electron chi connectivity index (χ4n) is 2.37. The predicted octanol–water partition coefficient (Wildman–Crippen LogP) is 6.88. The Kier molecular flexibility index (Phi) is 18.0. The highest BCUT2D eigenvalue weighted by Gasteiger charge is 1.93. The Morgan fingerprint density at radius 2 is 0.889 bits per heavy atom. The van der Waals surface area contributed by atoms with E-state index >= 15 is 0 Å². The summed E-state index contributed by atoms with van der Waals surface area (Å²) in [7, 11) is 1.16. The van der Waals surface area contributed by atoms with Gasteiger partial charge in [0, 0.05) is 0 Å². The number of hydrogen-bond donors (Lipinski definition) is 0. The summed E-state index contributed by atoms with van der Waals surface area (Å²) < 4.78 is 0. The Morgan fingerprint density at radius 3 is 1.22 bits per heavy atom. The van der Waals surface area contributed by atoms with Crippen molar-refractivity contribution < 1.29 is 0 Å². The second-order valence-corrected chi connectivity index (χ2v) is 6.93. The highest BCUT2D eigenvalue weighted by molar-refractivity contribution is 7.96. The molecule has 0 amide bonds. The van der Waals surface area contributed by atoms with Crippen molar-refractivity contribution in [3.05, 3.63) is 0 Å². The molecule has 0 aliphatic carbocycles. The number of hydrogen-bond acceptors (Lipinski definition) is 1. The molecule has 0 radical (unpaired) electrons. The third-order valence-electron chi connectivity index (χ3n) is 3.60. The average Bonchev–Trinajstić information content (AvgIpc) is 2.39. The largest absolute Gasteiger partial charge is 0.0654 e. The van der Waals surface area contributed by atoms with Gasteiger partial charge in [-0.1, -0.05) is 102 Å². The Morgan fingerprint density at radius 1 is 0.556 bits per heavy atom. The summed E-state index contributed by atoms with van der Waals surface area (Å²) >= 11 is 4.92. The van der Waals surface area contributed by atoms with Crippen LogP contribution in [0.2, 0.25) is 0 Å². The van der Waals surface area contributed by atoms with E-state index in [1.54, 1.807) is 0 Å². The van der Waals surface area contributed by atoms with Gasteiger partial charge in [0.15, 0.2) is 0 Å². The first kappa shape index (κ1) is 18.5. The van der Waals surface area contributed by atoms with E-state index in [9.17, 15) is 0 Å². The highest BCUT2D eigenvalue weighted by Crippen LogP contribution is 2.13. The lowest BCUT2D eigenvalue weighted by Crippen LogP contribution is -1.83. The maximum absolute atomic E-state index is 4.92. The van der Waals surface area contributed by atoms with Crippen molar-refractivity contribution in [3.63, 3.8) is 0 Å². The number of rotatable bonds is 15. The van der Waals surface area contributed by atoms with Crippen LogP contribution in [0.1, 0.15) is 96.8 Å². The van der Waals surface area contributed by atoms with Crippen molar-refractivity contribution >= 4 is 19.2 Å². The third kappa shape index (κ3) is 16.5.